The number of ether oxygens (including phenoxy) is 2. The summed E-state index contributed by atoms with van der Waals surface area (Å²) >= 11 is 0. The largest absolute Gasteiger partial charge is 0.460 e. The van der Waals surface area contributed by atoms with E-state index in [-0.39, 0.29) is 18.9 Å². The quantitative estimate of drug-likeness (QED) is 0.353. The van der Waals surface area contributed by atoms with E-state index in [2.05, 4.69) is 15.4 Å². The third kappa shape index (κ3) is 3.65. The van der Waals surface area contributed by atoms with Crippen LogP contribution >= 0.6 is 0 Å². The Balaban J connectivity index is 2.08. The fraction of sp³-hybridized carbons (Fsp3) is 0.353. The number of carbonyl (C=O) groups excluding carboxylic acids is 1. The summed E-state index contributed by atoms with van der Waals surface area (Å²) in [6.07, 6.45) is 0. The first-order valence-corrected chi connectivity index (χ1v) is 8.23. The van der Waals surface area contributed by atoms with Crippen molar-refractivity contribution in [2.24, 2.45) is 0 Å². The molecule has 0 fully saturated rings. The third-order valence-electron chi connectivity index (χ3n) is 4.10. The summed E-state index contributed by atoms with van der Waals surface area (Å²) in [5.41, 5.74) is 1.32. The van der Waals surface area contributed by atoms with Crippen molar-refractivity contribution < 1.29 is 19.2 Å². The Morgan fingerprint density at radius 1 is 1.37 bits per heavy atom. The van der Waals surface area contributed by atoms with Gasteiger partial charge in [0, 0.05) is 24.9 Å². The number of nitro benzene ring substituents is 1. The number of allylic oxidation sites excluding steroid dienone is 1. The molecule has 27 heavy (non-hydrogen) atoms. The molecular weight excluding hydrogens is 354 g/mol. The highest BCUT2D eigenvalue weighted by Gasteiger charge is 2.35. The number of aryl methyl sites for hydroxylation is 1. The zero-order valence-electron chi connectivity index (χ0n) is 15.1. The normalized spacial score (nSPS) is 15.9. The molecule has 10 nitrogen and oxygen atoms in total. The number of nitro groups is 1. The maximum atomic E-state index is 12.7. The molecule has 2 aromatic rings. The number of fused-ring (bicyclic) bond motifs is 1. The number of benzene rings is 1. The lowest BCUT2D eigenvalue weighted by Crippen LogP contribution is -2.30. The molecule has 1 N–H and O–H groups in total. The van der Waals surface area contributed by atoms with Crippen LogP contribution < -0.4 is 5.32 Å². The monoisotopic (exact) mass is 373 g/mol. The highest BCUT2D eigenvalue weighted by atomic mass is 16.6. The Kier molecular flexibility index (Phi) is 5.17. The standard InChI is InChI=1S/C17H19N5O5/c1-10-14(16(23)27-8-7-26-3)15(21-17(18-10)19-11(2)20-21)12-5-4-6-13(9-12)22(24)25/h4-6,9,15H,7-8H2,1-3H3,(H,18,19,20)/t15-/m1/s1. The number of esters is 1. The van der Waals surface area contributed by atoms with Gasteiger partial charge in [-0.3, -0.25) is 10.1 Å². The van der Waals surface area contributed by atoms with Crippen molar-refractivity contribution in [3.8, 4) is 0 Å². The van der Waals surface area contributed by atoms with Crippen molar-refractivity contribution in [1.29, 1.82) is 0 Å². The molecule has 3 rings (SSSR count). The summed E-state index contributed by atoms with van der Waals surface area (Å²) in [5.74, 6) is 0.414. The van der Waals surface area contributed by atoms with E-state index in [4.69, 9.17) is 9.47 Å². The average Bonchev–Trinajstić information content (AvgIpc) is 3.00. The molecule has 142 valence electrons. The molecule has 1 aliphatic heterocycles. The zero-order valence-corrected chi connectivity index (χ0v) is 15.1. The smallest absolute Gasteiger partial charge is 0.338 e. The van der Waals surface area contributed by atoms with Crippen molar-refractivity contribution in [2.45, 2.75) is 19.9 Å². The van der Waals surface area contributed by atoms with Crippen LogP contribution in [-0.2, 0) is 14.3 Å². The fourth-order valence-corrected chi connectivity index (χ4v) is 2.93. The topological polar surface area (TPSA) is 121 Å². The van der Waals surface area contributed by atoms with Gasteiger partial charge in [-0.25, -0.2) is 9.48 Å². The maximum absolute atomic E-state index is 12.7. The Labute approximate surface area is 154 Å². The van der Waals surface area contributed by atoms with Gasteiger partial charge in [-0.1, -0.05) is 12.1 Å². The van der Waals surface area contributed by atoms with Crippen LogP contribution in [-0.4, -0.2) is 46.0 Å². The summed E-state index contributed by atoms with van der Waals surface area (Å²) in [6.45, 7) is 3.81. The first-order chi connectivity index (χ1) is 12.9. The molecule has 1 aromatic carbocycles. The SMILES string of the molecule is COCCOC(=O)C1=C(C)Nc2nc(C)nn2[C@@H]1c1cccc([N+](=O)[O-])c1. The van der Waals surface area contributed by atoms with E-state index in [9.17, 15) is 14.9 Å². The van der Waals surface area contributed by atoms with Crippen LogP contribution in [0.1, 0.15) is 24.4 Å². The van der Waals surface area contributed by atoms with Crippen molar-refractivity contribution in [2.75, 3.05) is 25.6 Å². The fourth-order valence-electron chi connectivity index (χ4n) is 2.93. The van der Waals surface area contributed by atoms with E-state index in [1.165, 1.54) is 23.9 Å². The molecule has 0 saturated carbocycles. The maximum Gasteiger partial charge on any atom is 0.338 e. The van der Waals surface area contributed by atoms with Crippen molar-refractivity contribution in [3.63, 3.8) is 0 Å². The summed E-state index contributed by atoms with van der Waals surface area (Å²) in [6, 6.07) is 5.40. The molecule has 1 aliphatic rings. The number of methoxy groups -OCH3 is 1. The molecule has 0 unspecified atom stereocenters. The molecule has 2 heterocycles. The number of aromatic nitrogens is 3. The summed E-state index contributed by atoms with van der Waals surface area (Å²) in [4.78, 5) is 27.7. The number of hydrogen-bond donors (Lipinski definition) is 1. The second-order valence-corrected chi connectivity index (χ2v) is 5.97. The number of anilines is 1. The van der Waals surface area contributed by atoms with Crippen LogP contribution in [0.25, 0.3) is 0 Å². The molecule has 1 atom stereocenters. The Bertz CT molecular complexity index is 920. The number of non-ortho nitro benzene ring substituents is 1. The lowest BCUT2D eigenvalue weighted by molar-refractivity contribution is -0.384. The van der Waals surface area contributed by atoms with Crippen molar-refractivity contribution in [3.05, 3.63) is 57.0 Å². The minimum atomic E-state index is -0.697. The molecule has 0 saturated heterocycles. The van der Waals surface area contributed by atoms with Crippen LogP contribution in [0.3, 0.4) is 0 Å². The van der Waals surface area contributed by atoms with E-state index in [0.717, 1.165) is 0 Å². The van der Waals surface area contributed by atoms with Gasteiger partial charge in [0.25, 0.3) is 5.69 Å². The second kappa shape index (κ2) is 7.54. The predicted octanol–water partition coefficient (Wildman–Crippen LogP) is 1.97. The van der Waals surface area contributed by atoms with E-state index >= 15 is 0 Å². The Hall–Kier alpha value is -3.27. The highest BCUT2D eigenvalue weighted by molar-refractivity contribution is 5.92. The van der Waals surface area contributed by atoms with Gasteiger partial charge in [-0.2, -0.15) is 10.1 Å². The van der Waals surface area contributed by atoms with Gasteiger partial charge in [-0.15, -0.1) is 0 Å². The van der Waals surface area contributed by atoms with Crippen LogP contribution in [0.15, 0.2) is 35.5 Å². The molecule has 0 spiro atoms. The molecule has 1 aromatic heterocycles. The van der Waals surface area contributed by atoms with E-state index in [0.29, 0.717) is 28.6 Å². The van der Waals surface area contributed by atoms with E-state index in [1.54, 1.807) is 26.0 Å². The van der Waals surface area contributed by atoms with Crippen LogP contribution in [0.5, 0.6) is 0 Å². The molecule has 0 amide bonds. The summed E-state index contributed by atoms with van der Waals surface area (Å²) in [7, 11) is 1.51. The van der Waals surface area contributed by atoms with Crippen LogP contribution in [0.2, 0.25) is 0 Å². The molecule has 0 radical (unpaired) electrons. The van der Waals surface area contributed by atoms with Gasteiger partial charge in [0.1, 0.15) is 18.5 Å². The molecule has 10 heteroatoms. The summed E-state index contributed by atoms with van der Waals surface area (Å²) in [5, 5.41) is 18.6. The number of rotatable bonds is 6. The van der Waals surface area contributed by atoms with Gasteiger partial charge < -0.3 is 14.8 Å². The van der Waals surface area contributed by atoms with Gasteiger partial charge in [-0.05, 0) is 19.4 Å². The highest BCUT2D eigenvalue weighted by Crippen LogP contribution is 2.36. The molecular formula is C17H19N5O5. The van der Waals surface area contributed by atoms with Gasteiger partial charge in [0.05, 0.1) is 17.1 Å². The first kappa shape index (κ1) is 18.5. The van der Waals surface area contributed by atoms with Gasteiger partial charge >= 0.3 is 5.97 Å². The number of hydrogen-bond acceptors (Lipinski definition) is 8. The van der Waals surface area contributed by atoms with Gasteiger partial charge in [0.2, 0.25) is 5.95 Å². The first-order valence-electron chi connectivity index (χ1n) is 8.23. The van der Waals surface area contributed by atoms with Crippen molar-refractivity contribution in [1.82, 2.24) is 14.8 Å². The number of carbonyl (C=O) groups is 1. The lowest BCUT2D eigenvalue weighted by atomic mass is 9.95. The van der Waals surface area contributed by atoms with Crippen LogP contribution in [0.4, 0.5) is 11.6 Å². The van der Waals surface area contributed by atoms with Gasteiger partial charge in [0.15, 0.2) is 0 Å². The second-order valence-electron chi connectivity index (χ2n) is 5.97. The summed E-state index contributed by atoms with van der Waals surface area (Å²) < 4.78 is 11.7. The average molecular weight is 373 g/mol. The van der Waals surface area contributed by atoms with E-state index < -0.39 is 16.9 Å². The Morgan fingerprint density at radius 3 is 2.85 bits per heavy atom. The van der Waals surface area contributed by atoms with Crippen molar-refractivity contribution >= 4 is 17.6 Å². The molecule has 0 bridgehead atoms. The van der Waals surface area contributed by atoms with Crippen LogP contribution in [0, 0.1) is 17.0 Å². The molecule has 0 aliphatic carbocycles. The zero-order chi connectivity index (χ0) is 19.6. The minimum absolute atomic E-state index is 0.0748. The minimum Gasteiger partial charge on any atom is -0.460 e. The number of nitrogens with one attached hydrogen (secondary N) is 1. The number of nitrogens with zero attached hydrogens (tertiary/aromatic N) is 4. The predicted molar refractivity (Wildman–Crippen MR) is 95.2 cm³/mol. The third-order valence-corrected chi connectivity index (χ3v) is 4.10. The lowest BCUT2D eigenvalue weighted by Gasteiger charge is -2.28. The Morgan fingerprint density at radius 2 is 2.15 bits per heavy atom. The van der Waals surface area contributed by atoms with E-state index in [1.807, 2.05) is 0 Å².